The van der Waals surface area contributed by atoms with Gasteiger partial charge in [0.25, 0.3) is 11.8 Å². The number of nitrogens with zero attached hydrogens (tertiary/aromatic N) is 7. The Bertz CT molecular complexity index is 2220. The fourth-order valence-electron chi connectivity index (χ4n) is 6.80. The Morgan fingerprint density at radius 2 is 1.70 bits per heavy atom. The van der Waals surface area contributed by atoms with Gasteiger partial charge in [0.15, 0.2) is 11.9 Å². The number of nitrogens with one attached hydrogen (secondary N) is 2. The fraction of sp³-hybridized carbons (Fsp3) is 0.270. The lowest BCUT2D eigenvalue weighted by molar-refractivity contribution is -0.259. The van der Waals surface area contributed by atoms with Gasteiger partial charge < -0.3 is 20.7 Å². The van der Waals surface area contributed by atoms with Crippen molar-refractivity contribution < 1.29 is 33.6 Å². The van der Waals surface area contributed by atoms with Gasteiger partial charge in [-0.15, -0.1) is 0 Å². The number of aromatic nitrogens is 4. The van der Waals surface area contributed by atoms with Crippen molar-refractivity contribution in [1.29, 1.82) is 0 Å². The van der Waals surface area contributed by atoms with Gasteiger partial charge in [-0.2, -0.15) is 5.10 Å². The van der Waals surface area contributed by atoms with Crippen molar-refractivity contribution in [3.63, 3.8) is 0 Å². The van der Waals surface area contributed by atoms with Crippen molar-refractivity contribution in [2.45, 2.75) is 25.6 Å². The second kappa shape index (κ2) is 15.0. The number of piperazine rings is 1. The summed E-state index contributed by atoms with van der Waals surface area (Å²) in [5, 5.41) is 8.21. The van der Waals surface area contributed by atoms with Gasteiger partial charge in [-0.1, -0.05) is 29.9 Å². The Hall–Kier alpha value is -6.27. The Labute approximate surface area is 308 Å². The highest BCUT2D eigenvalue weighted by molar-refractivity contribution is 6.24. The van der Waals surface area contributed by atoms with Crippen LogP contribution in [0, 0.1) is 0 Å². The Balaban J connectivity index is 0.859. The predicted molar refractivity (Wildman–Crippen MR) is 193 cm³/mol. The lowest BCUT2D eigenvalue weighted by atomic mass is 10.1. The average Bonchev–Trinajstić information content (AvgIpc) is 3.70. The van der Waals surface area contributed by atoms with Crippen LogP contribution in [0.2, 0.25) is 0 Å². The quantitative estimate of drug-likeness (QED) is 0.177. The molecular formula is C37H36N10O7. The smallest absolute Gasteiger partial charge is 0.265 e. The third-order valence-corrected chi connectivity index (χ3v) is 9.51. The molecule has 276 valence electrons. The minimum atomic E-state index is -0.831. The summed E-state index contributed by atoms with van der Waals surface area (Å²) < 4.78 is 7.61. The summed E-state index contributed by atoms with van der Waals surface area (Å²) in [6.45, 7) is 2.42. The molecule has 2 saturated heterocycles. The molecule has 5 aromatic rings. The summed E-state index contributed by atoms with van der Waals surface area (Å²) in [6.07, 6.45) is 1.04. The van der Waals surface area contributed by atoms with E-state index < -0.39 is 18.0 Å². The number of nitrogens with two attached hydrogens (primary N) is 1. The highest BCUT2D eigenvalue weighted by Gasteiger charge is 2.43. The van der Waals surface area contributed by atoms with E-state index in [1.807, 2.05) is 59.5 Å². The summed E-state index contributed by atoms with van der Waals surface area (Å²) in [6, 6.07) is 21.7. The van der Waals surface area contributed by atoms with Crippen molar-refractivity contribution in [2.24, 2.45) is 0 Å². The molecule has 2 aromatic heterocycles. The van der Waals surface area contributed by atoms with Crippen LogP contribution in [-0.2, 0) is 25.8 Å². The number of carbonyl (C=O) groups is 4. The number of nitrogen functional groups attached to an aromatic ring is 1. The van der Waals surface area contributed by atoms with E-state index in [2.05, 4.69) is 20.9 Å². The van der Waals surface area contributed by atoms with Gasteiger partial charge in [0.05, 0.1) is 41.9 Å². The first kappa shape index (κ1) is 34.8. The highest BCUT2D eigenvalue weighted by Crippen LogP contribution is 2.33. The number of hydrogen-bond acceptors (Lipinski definition) is 13. The SMILES string of the molecule is Nc1ncnc2c1c(-c1ccc(Oc3ccccc3)cc1)nn2CCC(=O)N1CCN(CC(=O)Nc2cccc3c2C(=O)N(C2CCONO2)C3=O)CC1. The normalized spacial score (nSPS) is 17.5. The maximum Gasteiger partial charge on any atom is 0.265 e. The molecule has 17 nitrogen and oxygen atoms in total. The number of carbonyl (C=O) groups excluding carboxylic acids is 4. The maximum absolute atomic E-state index is 13.3. The summed E-state index contributed by atoms with van der Waals surface area (Å²) in [5.74, 6) is 0.246. The van der Waals surface area contributed by atoms with Crippen molar-refractivity contribution in [3.8, 4) is 22.8 Å². The largest absolute Gasteiger partial charge is 0.457 e. The van der Waals surface area contributed by atoms with Crippen LogP contribution in [0.3, 0.4) is 0 Å². The molecule has 4 amide bonds. The van der Waals surface area contributed by atoms with E-state index in [9.17, 15) is 19.2 Å². The minimum absolute atomic E-state index is 0.0487. The van der Waals surface area contributed by atoms with Gasteiger partial charge >= 0.3 is 0 Å². The number of amides is 4. The molecule has 0 saturated carbocycles. The molecule has 1 atom stereocenters. The van der Waals surface area contributed by atoms with Gasteiger partial charge in [0.1, 0.15) is 29.3 Å². The Morgan fingerprint density at radius 3 is 2.46 bits per heavy atom. The van der Waals surface area contributed by atoms with E-state index in [4.69, 9.17) is 25.2 Å². The lowest BCUT2D eigenvalue weighted by Crippen LogP contribution is -2.50. The zero-order valence-electron chi connectivity index (χ0n) is 29.0. The van der Waals surface area contributed by atoms with E-state index in [1.165, 1.54) is 6.33 Å². The second-order valence-corrected chi connectivity index (χ2v) is 12.9. The number of benzene rings is 3. The summed E-state index contributed by atoms with van der Waals surface area (Å²) in [7, 11) is 0. The van der Waals surface area contributed by atoms with Gasteiger partial charge in [-0.25, -0.2) is 19.5 Å². The third kappa shape index (κ3) is 6.95. The second-order valence-electron chi connectivity index (χ2n) is 12.9. The molecule has 4 N–H and O–H groups in total. The Morgan fingerprint density at radius 1 is 0.926 bits per heavy atom. The van der Waals surface area contributed by atoms with Crippen LogP contribution >= 0.6 is 0 Å². The van der Waals surface area contributed by atoms with Crippen LogP contribution in [0.4, 0.5) is 11.5 Å². The third-order valence-electron chi connectivity index (χ3n) is 9.51. The van der Waals surface area contributed by atoms with E-state index in [0.717, 1.165) is 16.2 Å². The number of ether oxygens (including phenoxy) is 1. The van der Waals surface area contributed by atoms with Crippen LogP contribution < -0.4 is 21.4 Å². The van der Waals surface area contributed by atoms with Gasteiger partial charge in [0, 0.05) is 44.6 Å². The number of imide groups is 1. The number of aryl methyl sites for hydroxylation is 1. The predicted octanol–water partition coefficient (Wildman–Crippen LogP) is 2.82. The molecule has 8 rings (SSSR count). The molecular weight excluding hydrogens is 696 g/mol. The Kier molecular flexibility index (Phi) is 9.66. The van der Waals surface area contributed by atoms with E-state index in [-0.39, 0.29) is 60.6 Å². The summed E-state index contributed by atoms with van der Waals surface area (Å²) >= 11 is 0. The van der Waals surface area contributed by atoms with Crippen LogP contribution in [0.15, 0.2) is 79.1 Å². The van der Waals surface area contributed by atoms with Gasteiger partial charge in [-0.05, 0) is 48.5 Å². The van der Waals surface area contributed by atoms with Crippen molar-refractivity contribution >= 4 is 46.2 Å². The first-order valence-corrected chi connectivity index (χ1v) is 17.5. The highest BCUT2D eigenvalue weighted by atomic mass is 16.9. The van der Waals surface area contributed by atoms with Gasteiger partial charge in [0.2, 0.25) is 11.8 Å². The first-order chi connectivity index (χ1) is 26.3. The standard InChI is InChI=1S/C37H36N10O7/c38-34-32-33(23-9-11-25(12-10-23)53-24-5-2-1-3-6-24)42-46(35(32)40-22-39-34)15-13-29(49)45-18-16-44(17-19-45)21-28(48)41-27-8-4-7-26-31(27)37(51)47(36(26)50)30-14-20-52-43-54-30/h1-12,22,30,43H,13-21H2,(H,41,48)(H2,38,39,40). The molecule has 0 aliphatic carbocycles. The number of rotatable bonds is 10. The van der Waals surface area contributed by atoms with E-state index in [1.54, 1.807) is 27.8 Å². The molecule has 17 heteroatoms. The molecule has 1 unspecified atom stereocenters. The first-order valence-electron chi connectivity index (χ1n) is 17.5. The molecule has 5 heterocycles. The zero-order valence-corrected chi connectivity index (χ0v) is 29.0. The molecule has 2 fully saturated rings. The number of fused-ring (bicyclic) bond motifs is 2. The van der Waals surface area contributed by atoms with Crippen molar-refractivity contribution in [3.05, 3.63) is 90.3 Å². The van der Waals surface area contributed by atoms with Crippen LogP contribution in [0.25, 0.3) is 22.3 Å². The fourth-order valence-corrected chi connectivity index (χ4v) is 6.80. The molecule has 3 aliphatic heterocycles. The monoisotopic (exact) mass is 732 g/mol. The molecule has 0 radical (unpaired) electrons. The van der Waals surface area contributed by atoms with Gasteiger partial charge in [-0.3, -0.25) is 33.8 Å². The molecule has 0 spiro atoms. The van der Waals surface area contributed by atoms with E-state index in [0.29, 0.717) is 55.1 Å². The summed E-state index contributed by atoms with van der Waals surface area (Å²) in [4.78, 5) is 76.3. The molecule has 54 heavy (non-hydrogen) atoms. The van der Waals surface area contributed by atoms with E-state index >= 15 is 0 Å². The van der Waals surface area contributed by atoms with Crippen LogP contribution in [0.5, 0.6) is 11.5 Å². The minimum Gasteiger partial charge on any atom is -0.457 e. The molecule has 0 bridgehead atoms. The lowest BCUT2D eigenvalue weighted by Gasteiger charge is -2.34. The number of hydrogen-bond donors (Lipinski definition) is 3. The van der Waals surface area contributed by atoms with Crippen LogP contribution in [0.1, 0.15) is 33.6 Å². The van der Waals surface area contributed by atoms with Crippen LogP contribution in [-0.4, -0.2) is 104 Å². The molecule has 3 aromatic carbocycles. The summed E-state index contributed by atoms with van der Waals surface area (Å²) in [5.41, 5.74) is 11.1. The van der Waals surface area contributed by atoms with Crippen molar-refractivity contribution in [1.82, 2.24) is 40.1 Å². The zero-order chi connectivity index (χ0) is 37.2. The topological polar surface area (TPSA) is 199 Å². The molecule has 3 aliphatic rings. The maximum atomic E-state index is 13.3. The number of para-hydroxylation sites is 1. The average molecular weight is 733 g/mol. The number of anilines is 2. The van der Waals surface area contributed by atoms with Crippen molar-refractivity contribution in [2.75, 3.05) is 50.4 Å².